The normalized spacial score (nSPS) is 12.8. The maximum atomic E-state index is 12.4. The SMILES string of the molecule is O=C(O)C([CH]c1ccccc1)S(=O)(=O)c1ccccc1. The lowest BCUT2D eigenvalue weighted by molar-refractivity contribution is -0.135. The average Bonchev–Trinajstić information content (AvgIpc) is 2.46. The Kier molecular flexibility index (Phi) is 4.20. The van der Waals surface area contributed by atoms with Crippen molar-refractivity contribution < 1.29 is 18.3 Å². The third-order valence-corrected chi connectivity index (χ3v) is 4.73. The van der Waals surface area contributed by atoms with E-state index in [1.807, 2.05) is 0 Å². The molecule has 0 saturated carbocycles. The minimum atomic E-state index is -3.95. The van der Waals surface area contributed by atoms with E-state index in [1.165, 1.54) is 18.6 Å². The molecule has 4 nitrogen and oxygen atoms in total. The molecule has 0 aliphatic heterocycles. The second-order valence-electron chi connectivity index (χ2n) is 4.19. The van der Waals surface area contributed by atoms with Crippen LogP contribution in [0.15, 0.2) is 65.6 Å². The highest BCUT2D eigenvalue weighted by atomic mass is 32.2. The number of carbonyl (C=O) groups is 1. The molecule has 0 aliphatic rings. The van der Waals surface area contributed by atoms with Crippen LogP contribution in [0, 0.1) is 6.42 Å². The second-order valence-corrected chi connectivity index (χ2v) is 6.26. The Morgan fingerprint density at radius 3 is 1.95 bits per heavy atom. The number of sulfone groups is 1. The van der Waals surface area contributed by atoms with Gasteiger partial charge < -0.3 is 5.11 Å². The van der Waals surface area contributed by atoms with Gasteiger partial charge in [0.05, 0.1) is 4.90 Å². The molecule has 1 atom stereocenters. The van der Waals surface area contributed by atoms with Crippen LogP contribution in [0.1, 0.15) is 5.56 Å². The van der Waals surface area contributed by atoms with E-state index in [0.717, 1.165) is 0 Å². The first-order chi connectivity index (χ1) is 9.51. The van der Waals surface area contributed by atoms with E-state index < -0.39 is 21.1 Å². The van der Waals surface area contributed by atoms with Gasteiger partial charge in [-0.3, -0.25) is 4.79 Å². The Hall–Kier alpha value is -2.14. The van der Waals surface area contributed by atoms with Crippen LogP contribution < -0.4 is 0 Å². The molecule has 1 unspecified atom stereocenters. The molecule has 1 N–H and O–H groups in total. The van der Waals surface area contributed by atoms with Gasteiger partial charge in [0.25, 0.3) is 0 Å². The van der Waals surface area contributed by atoms with Crippen LogP contribution in [0.5, 0.6) is 0 Å². The Labute approximate surface area is 117 Å². The Morgan fingerprint density at radius 1 is 0.950 bits per heavy atom. The van der Waals surface area contributed by atoms with E-state index in [1.54, 1.807) is 48.5 Å². The summed E-state index contributed by atoms with van der Waals surface area (Å²) in [4.78, 5) is 11.3. The van der Waals surface area contributed by atoms with Gasteiger partial charge in [0.1, 0.15) is 0 Å². The number of rotatable bonds is 5. The standard InChI is InChI=1S/C15H13O4S/c16-15(17)14(11-12-7-3-1-4-8-12)20(18,19)13-9-5-2-6-10-13/h1-11,14H,(H,16,17). The van der Waals surface area contributed by atoms with E-state index >= 15 is 0 Å². The molecule has 0 amide bonds. The molecule has 5 heteroatoms. The predicted octanol–water partition coefficient (Wildman–Crippen LogP) is 2.17. The van der Waals surface area contributed by atoms with Gasteiger partial charge >= 0.3 is 5.97 Å². The molecule has 2 aromatic rings. The zero-order valence-electron chi connectivity index (χ0n) is 10.5. The van der Waals surface area contributed by atoms with Crippen molar-refractivity contribution in [1.82, 2.24) is 0 Å². The van der Waals surface area contributed by atoms with E-state index in [-0.39, 0.29) is 4.90 Å². The fourth-order valence-corrected chi connectivity index (χ4v) is 3.22. The van der Waals surface area contributed by atoms with E-state index in [0.29, 0.717) is 5.56 Å². The smallest absolute Gasteiger partial charge is 0.322 e. The van der Waals surface area contributed by atoms with Crippen LogP contribution in [0.3, 0.4) is 0 Å². The summed E-state index contributed by atoms with van der Waals surface area (Å²) < 4.78 is 24.7. The molecule has 2 aromatic carbocycles. The monoisotopic (exact) mass is 289 g/mol. The highest BCUT2D eigenvalue weighted by Crippen LogP contribution is 2.20. The first-order valence-electron chi connectivity index (χ1n) is 5.93. The summed E-state index contributed by atoms with van der Waals surface area (Å²) in [5, 5.41) is 7.62. The Bertz CT molecular complexity index is 678. The summed E-state index contributed by atoms with van der Waals surface area (Å²) in [6.45, 7) is 0. The van der Waals surface area contributed by atoms with Gasteiger partial charge in [-0.05, 0) is 17.7 Å². The van der Waals surface area contributed by atoms with E-state index in [4.69, 9.17) is 0 Å². The summed E-state index contributed by atoms with van der Waals surface area (Å²) in [7, 11) is -3.95. The summed E-state index contributed by atoms with van der Waals surface area (Å²) in [6, 6.07) is 16.1. The Balaban J connectivity index is 2.37. The van der Waals surface area contributed by atoms with Crippen LogP contribution in [0.25, 0.3) is 0 Å². The summed E-state index contributed by atoms with van der Waals surface area (Å²) >= 11 is 0. The zero-order valence-corrected chi connectivity index (χ0v) is 11.3. The van der Waals surface area contributed by atoms with Crippen molar-refractivity contribution in [3.05, 3.63) is 72.6 Å². The van der Waals surface area contributed by atoms with Crippen molar-refractivity contribution in [3.8, 4) is 0 Å². The Morgan fingerprint density at radius 2 is 1.45 bits per heavy atom. The van der Waals surface area contributed by atoms with E-state index in [9.17, 15) is 18.3 Å². The molecule has 0 aromatic heterocycles. The highest BCUT2D eigenvalue weighted by molar-refractivity contribution is 7.93. The van der Waals surface area contributed by atoms with Gasteiger partial charge in [0.2, 0.25) is 0 Å². The fraction of sp³-hybridized carbons (Fsp3) is 0.0667. The molecular formula is C15H13O4S. The lowest BCUT2D eigenvalue weighted by Gasteiger charge is -2.13. The van der Waals surface area contributed by atoms with Crippen LogP contribution in [0.4, 0.5) is 0 Å². The molecule has 2 rings (SSSR count). The van der Waals surface area contributed by atoms with Crippen molar-refractivity contribution in [3.63, 3.8) is 0 Å². The molecule has 0 saturated heterocycles. The van der Waals surface area contributed by atoms with Crippen molar-refractivity contribution >= 4 is 15.8 Å². The average molecular weight is 289 g/mol. The summed E-state index contributed by atoms with van der Waals surface area (Å²) in [6.07, 6.45) is 1.24. The quantitative estimate of drug-likeness (QED) is 0.915. The number of aliphatic carboxylic acids is 1. The second kappa shape index (κ2) is 5.88. The van der Waals surface area contributed by atoms with Crippen LogP contribution in [0.2, 0.25) is 0 Å². The van der Waals surface area contributed by atoms with Gasteiger partial charge in [-0.25, -0.2) is 8.42 Å². The summed E-state index contributed by atoms with van der Waals surface area (Å²) in [5.74, 6) is -1.39. The number of carboxylic acid groups (broad SMARTS) is 1. The van der Waals surface area contributed by atoms with Gasteiger partial charge in [-0.2, -0.15) is 0 Å². The van der Waals surface area contributed by atoms with Gasteiger partial charge in [0, 0.05) is 6.42 Å². The van der Waals surface area contributed by atoms with Crippen molar-refractivity contribution in [2.45, 2.75) is 10.1 Å². The highest BCUT2D eigenvalue weighted by Gasteiger charge is 2.34. The molecule has 0 aliphatic carbocycles. The van der Waals surface area contributed by atoms with Gasteiger partial charge in [-0.15, -0.1) is 0 Å². The molecule has 0 heterocycles. The number of hydrogen-bond donors (Lipinski definition) is 1. The largest absolute Gasteiger partial charge is 0.480 e. The third-order valence-electron chi connectivity index (χ3n) is 2.79. The molecule has 0 fully saturated rings. The first-order valence-corrected chi connectivity index (χ1v) is 7.48. The number of hydrogen-bond acceptors (Lipinski definition) is 3. The van der Waals surface area contributed by atoms with Crippen molar-refractivity contribution in [2.24, 2.45) is 0 Å². The van der Waals surface area contributed by atoms with Crippen LogP contribution in [-0.2, 0) is 14.6 Å². The number of benzene rings is 2. The molecule has 103 valence electrons. The van der Waals surface area contributed by atoms with E-state index in [2.05, 4.69) is 0 Å². The van der Waals surface area contributed by atoms with Crippen LogP contribution in [-0.4, -0.2) is 24.7 Å². The predicted molar refractivity (Wildman–Crippen MR) is 74.9 cm³/mol. The molecule has 1 radical (unpaired) electrons. The maximum Gasteiger partial charge on any atom is 0.322 e. The minimum absolute atomic E-state index is 0.000388. The number of carboxylic acids is 1. The summed E-state index contributed by atoms with van der Waals surface area (Å²) in [5.41, 5.74) is 0.555. The van der Waals surface area contributed by atoms with Crippen molar-refractivity contribution in [1.29, 1.82) is 0 Å². The van der Waals surface area contributed by atoms with Crippen molar-refractivity contribution in [2.75, 3.05) is 0 Å². The van der Waals surface area contributed by atoms with Gasteiger partial charge in [-0.1, -0.05) is 48.5 Å². The lowest BCUT2D eigenvalue weighted by atomic mass is 10.1. The lowest BCUT2D eigenvalue weighted by Crippen LogP contribution is -2.31. The molecule has 0 bridgehead atoms. The van der Waals surface area contributed by atoms with Gasteiger partial charge in [0.15, 0.2) is 15.1 Å². The third kappa shape index (κ3) is 3.05. The van der Waals surface area contributed by atoms with Crippen LogP contribution >= 0.6 is 0 Å². The molecule has 20 heavy (non-hydrogen) atoms. The minimum Gasteiger partial charge on any atom is -0.480 e. The zero-order chi connectivity index (χ0) is 14.6. The first kappa shape index (κ1) is 14.3. The topological polar surface area (TPSA) is 71.4 Å². The molecular weight excluding hydrogens is 276 g/mol. The fourth-order valence-electron chi connectivity index (χ4n) is 1.79. The maximum absolute atomic E-state index is 12.4. The molecule has 0 spiro atoms.